The van der Waals surface area contributed by atoms with Crippen LogP contribution in [0.5, 0.6) is 5.75 Å². The second-order valence-corrected chi connectivity index (χ2v) is 6.95. The van der Waals surface area contributed by atoms with Crippen molar-refractivity contribution in [3.63, 3.8) is 0 Å². The molecule has 2 aromatic carbocycles. The van der Waals surface area contributed by atoms with E-state index in [2.05, 4.69) is 10.6 Å². The quantitative estimate of drug-likeness (QED) is 0.783. The van der Waals surface area contributed by atoms with E-state index in [9.17, 15) is 9.59 Å². The molecule has 0 bridgehead atoms. The molecule has 1 saturated carbocycles. The van der Waals surface area contributed by atoms with Gasteiger partial charge in [0.05, 0.1) is 29.0 Å². The molecule has 2 N–H and O–H groups in total. The highest BCUT2D eigenvalue weighted by atomic mass is 35.5. The summed E-state index contributed by atoms with van der Waals surface area (Å²) in [5.74, 6) is -0.152. The van der Waals surface area contributed by atoms with Gasteiger partial charge in [-0.05, 0) is 42.3 Å². The molecule has 26 heavy (non-hydrogen) atoms. The first-order chi connectivity index (χ1) is 12.5. The van der Waals surface area contributed by atoms with Crippen molar-refractivity contribution in [2.75, 3.05) is 12.4 Å². The molecule has 0 aliphatic heterocycles. The van der Waals surface area contributed by atoms with E-state index in [1.54, 1.807) is 25.3 Å². The first-order valence-electron chi connectivity index (χ1n) is 8.14. The van der Waals surface area contributed by atoms with Gasteiger partial charge in [-0.25, -0.2) is 0 Å². The Morgan fingerprint density at radius 3 is 2.38 bits per heavy atom. The van der Waals surface area contributed by atoms with Gasteiger partial charge >= 0.3 is 0 Å². The number of carbonyl (C=O) groups excluding carboxylic acids is 2. The number of methoxy groups -OCH3 is 1. The summed E-state index contributed by atoms with van der Waals surface area (Å²) in [5, 5.41) is 6.43. The normalized spacial score (nSPS) is 18.1. The van der Waals surface area contributed by atoms with Crippen molar-refractivity contribution in [1.29, 1.82) is 0 Å². The number of ether oxygens (including phenoxy) is 1. The van der Waals surface area contributed by atoms with Crippen molar-refractivity contribution in [1.82, 2.24) is 5.32 Å². The van der Waals surface area contributed by atoms with E-state index in [-0.39, 0.29) is 23.7 Å². The van der Waals surface area contributed by atoms with Gasteiger partial charge in [-0.1, -0.05) is 35.3 Å². The number of halogens is 2. The molecule has 1 aliphatic rings. The average molecular weight is 393 g/mol. The van der Waals surface area contributed by atoms with Crippen LogP contribution in [0.15, 0.2) is 42.5 Å². The minimum atomic E-state index is -0.319. The zero-order valence-corrected chi connectivity index (χ0v) is 15.6. The third-order valence-electron chi connectivity index (χ3n) is 4.28. The molecule has 2 amide bonds. The number of carbonyl (C=O) groups is 2. The molecule has 1 fully saturated rings. The van der Waals surface area contributed by atoms with Crippen molar-refractivity contribution in [2.24, 2.45) is 11.8 Å². The van der Waals surface area contributed by atoms with Gasteiger partial charge in [0, 0.05) is 12.2 Å². The Balaban J connectivity index is 1.48. The molecular weight excluding hydrogens is 375 g/mol. The van der Waals surface area contributed by atoms with Crippen LogP contribution in [0.2, 0.25) is 10.0 Å². The largest absolute Gasteiger partial charge is 0.497 e. The number of rotatable bonds is 6. The summed E-state index contributed by atoms with van der Waals surface area (Å²) in [6.07, 6.45) is 0.543. The Kier molecular flexibility index (Phi) is 5.69. The Hall–Kier alpha value is -2.24. The summed E-state index contributed by atoms with van der Waals surface area (Å²) >= 11 is 11.8. The first-order valence-corrected chi connectivity index (χ1v) is 8.90. The molecule has 136 valence electrons. The standard InChI is InChI=1S/C19H18Cl2N2O3/c1-26-13-5-2-11(3-6-13)10-22-18(24)14-9-15(14)19(25)23-12-4-7-16(20)17(21)8-12/h2-8,14-15H,9-10H2,1H3,(H,22,24)(H,23,25). The minimum Gasteiger partial charge on any atom is -0.497 e. The van der Waals surface area contributed by atoms with Gasteiger partial charge in [0.15, 0.2) is 0 Å². The van der Waals surface area contributed by atoms with E-state index >= 15 is 0 Å². The lowest BCUT2D eigenvalue weighted by atomic mass is 10.2. The van der Waals surface area contributed by atoms with E-state index in [0.717, 1.165) is 11.3 Å². The second-order valence-electron chi connectivity index (χ2n) is 6.13. The monoisotopic (exact) mass is 392 g/mol. The van der Waals surface area contributed by atoms with E-state index in [0.29, 0.717) is 28.7 Å². The number of nitrogens with one attached hydrogen (secondary N) is 2. The first kappa shape index (κ1) is 18.5. The van der Waals surface area contributed by atoms with Crippen LogP contribution in [-0.4, -0.2) is 18.9 Å². The molecule has 3 rings (SSSR count). The molecule has 5 nitrogen and oxygen atoms in total. The fraction of sp³-hybridized carbons (Fsp3) is 0.263. The highest BCUT2D eigenvalue weighted by Gasteiger charge is 2.47. The number of hydrogen-bond acceptors (Lipinski definition) is 3. The summed E-state index contributed by atoms with van der Waals surface area (Å²) in [6.45, 7) is 0.417. The predicted molar refractivity (Wildman–Crippen MR) is 102 cm³/mol. The molecule has 2 aromatic rings. The topological polar surface area (TPSA) is 67.4 Å². The molecule has 7 heteroatoms. The average Bonchev–Trinajstić information content (AvgIpc) is 3.44. The molecule has 0 spiro atoms. The van der Waals surface area contributed by atoms with Crippen molar-refractivity contribution in [3.05, 3.63) is 58.1 Å². The van der Waals surface area contributed by atoms with Crippen molar-refractivity contribution in [2.45, 2.75) is 13.0 Å². The lowest BCUT2D eigenvalue weighted by Gasteiger charge is -2.07. The van der Waals surface area contributed by atoms with E-state index in [4.69, 9.17) is 27.9 Å². The van der Waals surface area contributed by atoms with Gasteiger partial charge in [0.25, 0.3) is 0 Å². The molecule has 0 aromatic heterocycles. The highest BCUT2D eigenvalue weighted by Crippen LogP contribution is 2.39. The van der Waals surface area contributed by atoms with Crippen molar-refractivity contribution in [3.8, 4) is 5.75 Å². The maximum absolute atomic E-state index is 12.2. The third-order valence-corrected chi connectivity index (χ3v) is 5.02. The van der Waals surface area contributed by atoms with Crippen LogP contribution in [-0.2, 0) is 16.1 Å². The minimum absolute atomic E-state index is 0.116. The van der Waals surface area contributed by atoms with Crippen LogP contribution in [0.1, 0.15) is 12.0 Å². The van der Waals surface area contributed by atoms with Crippen molar-refractivity contribution < 1.29 is 14.3 Å². The van der Waals surface area contributed by atoms with Crippen molar-refractivity contribution >= 4 is 40.7 Å². The Labute approximate surface area is 161 Å². The smallest absolute Gasteiger partial charge is 0.228 e. The van der Waals surface area contributed by atoms with E-state index in [1.807, 2.05) is 24.3 Å². The molecule has 0 saturated heterocycles. The fourth-order valence-corrected chi connectivity index (χ4v) is 2.95. The third kappa shape index (κ3) is 4.48. The van der Waals surface area contributed by atoms with Gasteiger partial charge in [0.1, 0.15) is 5.75 Å². The Morgan fingerprint density at radius 1 is 1.04 bits per heavy atom. The summed E-state index contributed by atoms with van der Waals surface area (Å²) in [6, 6.07) is 12.3. The SMILES string of the molecule is COc1ccc(CNC(=O)C2CC2C(=O)Nc2ccc(Cl)c(Cl)c2)cc1. The molecule has 2 unspecified atom stereocenters. The number of hydrogen-bond donors (Lipinski definition) is 2. The van der Waals surface area contributed by atoms with Crippen LogP contribution in [0.25, 0.3) is 0 Å². The molecule has 0 radical (unpaired) electrons. The zero-order valence-electron chi connectivity index (χ0n) is 14.1. The van der Waals surface area contributed by atoms with Crippen LogP contribution in [0.3, 0.4) is 0 Å². The van der Waals surface area contributed by atoms with Crippen LogP contribution in [0.4, 0.5) is 5.69 Å². The Morgan fingerprint density at radius 2 is 1.73 bits per heavy atom. The Bertz CT molecular complexity index is 824. The summed E-state index contributed by atoms with van der Waals surface area (Å²) in [4.78, 5) is 24.5. The van der Waals surface area contributed by atoms with Gasteiger partial charge in [0.2, 0.25) is 11.8 Å². The zero-order chi connectivity index (χ0) is 18.7. The number of amides is 2. The lowest BCUT2D eigenvalue weighted by molar-refractivity contribution is -0.125. The van der Waals surface area contributed by atoms with Gasteiger partial charge in [-0.3, -0.25) is 9.59 Å². The maximum Gasteiger partial charge on any atom is 0.228 e. The van der Waals surface area contributed by atoms with Gasteiger partial charge in [-0.15, -0.1) is 0 Å². The second kappa shape index (κ2) is 7.98. The van der Waals surface area contributed by atoms with Crippen LogP contribution < -0.4 is 15.4 Å². The summed E-state index contributed by atoms with van der Waals surface area (Å²) < 4.78 is 5.10. The predicted octanol–water partition coefficient (Wildman–Crippen LogP) is 3.89. The molecule has 0 heterocycles. The maximum atomic E-state index is 12.2. The number of anilines is 1. The lowest BCUT2D eigenvalue weighted by Crippen LogP contribution is -2.27. The van der Waals surface area contributed by atoms with Crippen LogP contribution >= 0.6 is 23.2 Å². The van der Waals surface area contributed by atoms with E-state index in [1.165, 1.54) is 0 Å². The van der Waals surface area contributed by atoms with E-state index < -0.39 is 0 Å². The van der Waals surface area contributed by atoms with Gasteiger partial charge < -0.3 is 15.4 Å². The summed E-state index contributed by atoms with van der Waals surface area (Å²) in [7, 11) is 1.60. The highest BCUT2D eigenvalue weighted by molar-refractivity contribution is 6.42. The summed E-state index contributed by atoms with van der Waals surface area (Å²) in [5.41, 5.74) is 1.53. The molecule has 2 atom stereocenters. The molecular formula is C19H18Cl2N2O3. The van der Waals surface area contributed by atoms with Gasteiger partial charge in [-0.2, -0.15) is 0 Å². The number of benzene rings is 2. The van der Waals surface area contributed by atoms with Crippen LogP contribution in [0, 0.1) is 11.8 Å². The molecule has 1 aliphatic carbocycles. The fourth-order valence-electron chi connectivity index (χ4n) is 2.65.